The molecule has 4 heteroatoms. The number of hydrogen-bond acceptors (Lipinski definition) is 4. The largest absolute Gasteiger partial charge is 0.393 e. The number of aromatic nitrogens is 1. The van der Waals surface area contributed by atoms with E-state index in [4.69, 9.17) is 4.98 Å². The molecule has 3 nitrogen and oxygen atoms in total. The summed E-state index contributed by atoms with van der Waals surface area (Å²) < 4.78 is 0. The summed E-state index contributed by atoms with van der Waals surface area (Å²) in [5, 5.41) is 13.1. The van der Waals surface area contributed by atoms with Crippen LogP contribution >= 0.6 is 11.3 Å². The molecular formula is C16H28N2OS. The first-order valence-corrected chi connectivity index (χ1v) is 8.61. The van der Waals surface area contributed by atoms with Gasteiger partial charge in [-0.1, -0.05) is 27.2 Å². The topological polar surface area (TPSA) is 36.4 Å². The average Bonchev–Trinajstić information content (AvgIpc) is 2.79. The maximum absolute atomic E-state index is 9.66. The Morgan fingerprint density at radius 2 is 2.20 bits per heavy atom. The van der Waals surface area contributed by atoms with E-state index in [1.54, 1.807) is 11.3 Å². The van der Waals surface area contributed by atoms with Gasteiger partial charge >= 0.3 is 0 Å². The highest BCUT2D eigenvalue weighted by Gasteiger charge is 2.25. The summed E-state index contributed by atoms with van der Waals surface area (Å²) in [7, 11) is 0. The fourth-order valence-corrected chi connectivity index (χ4v) is 3.76. The summed E-state index contributed by atoms with van der Waals surface area (Å²) in [6.07, 6.45) is 4.45. The normalized spacial score (nSPS) is 22.9. The van der Waals surface area contributed by atoms with E-state index in [1.165, 1.54) is 30.0 Å². The number of rotatable bonds is 4. The SMILES string of the molecule is C[C@H](O)C[C@@H]1CCCCN1Cc1csc(C(C)(C)C)n1. The maximum Gasteiger partial charge on any atom is 0.0982 e. The second kappa shape index (κ2) is 6.54. The molecule has 1 fully saturated rings. The molecule has 0 bridgehead atoms. The number of piperidine rings is 1. The van der Waals surface area contributed by atoms with Crippen LogP contribution < -0.4 is 0 Å². The van der Waals surface area contributed by atoms with Gasteiger partial charge in [-0.25, -0.2) is 4.98 Å². The van der Waals surface area contributed by atoms with Gasteiger partial charge in [0.1, 0.15) is 0 Å². The van der Waals surface area contributed by atoms with Crippen LogP contribution in [-0.4, -0.2) is 33.7 Å². The first-order chi connectivity index (χ1) is 9.36. The standard InChI is InChI=1S/C16H28N2OS/c1-12(19)9-14-7-5-6-8-18(14)10-13-11-20-15(17-13)16(2,3)4/h11-12,14,19H,5-10H2,1-4H3/t12-,14-/m0/s1. The van der Waals surface area contributed by atoms with Gasteiger partial charge in [-0.2, -0.15) is 0 Å². The molecule has 2 heterocycles. The van der Waals surface area contributed by atoms with Crippen molar-refractivity contribution >= 4 is 11.3 Å². The molecule has 1 N–H and O–H groups in total. The third-order valence-electron chi connectivity index (χ3n) is 3.92. The summed E-state index contributed by atoms with van der Waals surface area (Å²) in [6, 6.07) is 0.517. The zero-order chi connectivity index (χ0) is 14.8. The smallest absolute Gasteiger partial charge is 0.0982 e. The predicted octanol–water partition coefficient (Wildman–Crippen LogP) is 3.57. The second-order valence-corrected chi connectivity index (χ2v) is 7.96. The molecule has 20 heavy (non-hydrogen) atoms. The van der Waals surface area contributed by atoms with Gasteiger partial charge in [0.25, 0.3) is 0 Å². The summed E-state index contributed by atoms with van der Waals surface area (Å²) >= 11 is 1.77. The van der Waals surface area contributed by atoms with E-state index >= 15 is 0 Å². The molecule has 2 rings (SSSR count). The number of aliphatic hydroxyl groups is 1. The summed E-state index contributed by atoms with van der Waals surface area (Å²) in [6.45, 7) is 10.6. The van der Waals surface area contributed by atoms with Crippen LogP contribution in [0.15, 0.2) is 5.38 Å². The molecule has 1 aliphatic heterocycles. The molecular weight excluding hydrogens is 268 g/mol. The Bertz CT molecular complexity index is 422. The van der Waals surface area contributed by atoms with Crippen LogP contribution in [0.3, 0.4) is 0 Å². The van der Waals surface area contributed by atoms with Crippen molar-refractivity contribution in [1.29, 1.82) is 0 Å². The third kappa shape index (κ3) is 4.27. The Balaban J connectivity index is 2.01. The van der Waals surface area contributed by atoms with Gasteiger partial charge in [0, 0.05) is 23.4 Å². The monoisotopic (exact) mass is 296 g/mol. The van der Waals surface area contributed by atoms with Crippen LogP contribution in [0.4, 0.5) is 0 Å². The molecule has 0 saturated carbocycles. The van der Waals surface area contributed by atoms with Gasteiger partial charge in [0.15, 0.2) is 0 Å². The Kier molecular flexibility index (Phi) is 5.21. The lowest BCUT2D eigenvalue weighted by Crippen LogP contribution is -2.40. The molecule has 0 unspecified atom stereocenters. The van der Waals surface area contributed by atoms with Crippen LogP contribution in [0.5, 0.6) is 0 Å². The van der Waals surface area contributed by atoms with E-state index in [-0.39, 0.29) is 11.5 Å². The van der Waals surface area contributed by atoms with Crippen molar-refractivity contribution in [2.75, 3.05) is 6.54 Å². The summed E-state index contributed by atoms with van der Waals surface area (Å²) in [4.78, 5) is 7.32. The Morgan fingerprint density at radius 3 is 2.80 bits per heavy atom. The van der Waals surface area contributed by atoms with Crippen molar-refractivity contribution in [1.82, 2.24) is 9.88 Å². The number of nitrogens with zero attached hydrogens (tertiary/aromatic N) is 2. The van der Waals surface area contributed by atoms with Gasteiger partial charge in [0.05, 0.1) is 16.8 Å². The van der Waals surface area contributed by atoms with Crippen LogP contribution in [-0.2, 0) is 12.0 Å². The van der Waals surface area contributed by atoms with Crippen LogP contribution in [0.25, 0.3) is 0 Å². The van der Waals surface area contributed by atoms with Crippen molar-refractivity contribution in [3.8, 4) is 0 Å². The van der Waals surface area contributed by atoms with Gasteiger partial charge in [-0.05, 0) is 32.7 Å². The van der Waals surface area contributed by atoms with E-state index in [9.17, 15) is 5.11 Å². The van der Waals surface area contributed by atoms with Gasteiger partial charge in [0.2, 0.25) is 0 Å². The number of thiazole rings is 1. The zero-order valence-electron chi connectivity index (χ0n) is 13.2. The highest BCUT2D eigenvalue weighted by molar-refractivity contribution is 7.09. The molecule has 2 atom stereocenters. The molecule has 0 radical (unpaired) electrons. The zero-order valence-corrected chi connectivity index (χ0v) is 14.0. The van der Waals surface area contributed by atoms with Crippen molar-refractivity contribution in [2.45, 2.75) is 77.5 Å². The van der Waals surface area contributed by atoms with Crippen molar-refractivity contribution in [2.24, 2.45) is 0 Å². The lowest BCUT2D eigenvalue weighted by molar-refractivity contribution is 0.0810. The van der Waals surface area contributed by atoms with Crippen LogP contribution in [0, 0.1) is 0 Å². The van der Waals surface area contributed by atoms with Gasteiger partial charge in [-0.15, -0.1) is 11.3 Å². The minimum Gasteiger partial charge on any atom is -0.393 e. The van der Waals surface area contributed by atoms with Crippen molar-refractivity contribution in [3.05, 3.63) is 16.1 Å². The maximum atomic E-state index is 9.66. The molecule has 0 spiro atoms. The first kappa shape index (κ1) is 15.9. The highest BCUT2D eigenvalue weighted by Crippen LogP contribution is 2.28. The molecule has 1 aromatic heterocycles. The number of likely N-dealkylation sites (tertiary alicyclic amines) is 1. The minimum absolute atomic E-state index is 0.143. The quantitative estimate of drug-likeness (QED) is 0.923. The molecule has 0 amide bonds. The molecule has 0 aromatic carbocycles. The van der Waals surface area contributed by atoms with E-state index in [0.717, 1.165) is 19.5 Å². The van der Waals surface area contributed by atoms with Crippen LogP contribution in [0.1, 0.15) is 64.1 Å². The van der Waals surface area contributed by atoms with Gasteiger partial charge < -0.3 is 5.11 Å². The molecule has 0 aliphatic carbocycles. The fraction of sp³-hybridized carbons (Fsp3) is 0.812. The molecule has 114 valence electrons. The van der Waals surface area contributed by atoms with E-state index in [2.05, 4.69) is 31.1 Å². The molecule has 1 saturated heterocycles. The molecule has 1 aromatic rings. The highest BCUT2D eigenvalue weighted by atomic mass is 32.1. The minimum atomic E-state index is -0.207. The Labute approximate surface area is 127 Å². The Morgan fingerprint density at radius 1 is 1.45 bits per heavy atom. The average molecular weight is 296 g/mol. The van der Waals surface area contributed by atoms with E-state index < -0.39 is 0 Å². The fourth-order valence-electron chi connectivity index (χ4n) is 2.86. The number of aliphatic hydroxyl groups excluding tert-OH is 1. The lowest BCUT2D eigenvalue weighted by atomic mass is 9.97. The van der Waals surface area contributed by atoms with Crippen molar-refractivity contribution in [3.63, 3.8) is 0 Å². The van der Waals surface area contributed by atoms with Gasteiger partial charge in [-0.3, -0.25) is 4.90 Å². The van der Waals surface area contributed by atoms with Crippen molar-refractivity contribution < 1.29 is 5.11 Å². The summed E-state index contributed by atoms with van der Waals surface area (Å²) in [5.41, 5.74) is 1.33. The Hall–Kier alpha value is -0.450. The second-order valence-electron chi connectivity index (χ2n) is 7.10. The number of hydrogen-bond donors (Lipinski definition) is 1. The predicted molar refractivity (Wildman–Crippen MR) is 85.2 cm³/mol. The van der Waals surface area contributed by atoms with E-state index in [1.807, 2.05) is 6.92 Å². The van der Waals surface area contributed by atoms with E-state index in [0.29, 0.717) is 6.04 Å². The first-order valence-electron chi connectivity index (χ1n) is 7.73. The summed E-state index contributed by atoms with van der Waals surface area (Å²) in [5.74, 6) is 0. The lowest BCUT2D eigenvalue weighted by Gasteiger charge is -2.36. The molecule has 1 aliphatic rings. The third-order valence-corrected chi connectivity index (χ3v) is 5.24. The van der Waals surface area contributed by atoms with Crippen LogP contribution in [0.2, 0.25) is 0 Å².